The maximum atomic E-state index is 13.6. The summed E-state index contributed by atoms with van der Waals surface area (Å²) in [5.41, 5.74) is 3.73. The van der Waals surface area contributed by atoms with Crippen LogP contribution in [0.5, 0.6) is 0 Å². The van der Waals surface area contributed by atoms with Gasteiger partial charge in [0, 0.05) is 62.1 Å². The van der Waals surface area contributed by atoms with Crippen LogP contribution in [0.25, 0.3) is 33.4 Å². The van der Waals surface area contributed by atoms with Gasteiger partial charge in [-0.15, -0.1) is 0 Å². The molecule has 0 bridgehead atoms. The minimum absolute atomic E-state index is 0.213. The number of nitrogens with zero attached hydrogens (tertiary/aromatic N) is 8. The highest BCUT2D eigenvalue weighted by Crippen LogP contribution is 2.29. The van der Waals surface area contributed by atoms with Crippen molar-refractivity contribution in [1.29, 1.82) is 0 Å². The number of rotatable bonds is 7. The molecule has 0 saturated carbocycles. The van der Waals surface area contributed by atoms with E-state index in [1.54, 1.807) is 42.3 Å². The zero-order chi connectivity index (χ0) is 32.1. The summed E-state index contributed by atoms with van der Waals surface area (Å²) in [6.07, 6.45) is 6.66. The summed E-state index contributed by atoms with van der Waals surface area (Å²) in [4.78, 5) is 40.7. The second-order valence-electron chi connectivity index (χ2n) is 11.9. The number of ether oxygens (including phenoxy) is 1. The number of para-hydroxylation sites is 1. The van der Waals surface area contributed by atoms with Crippen LogP contribution in [0.15, 0.2) is 89.1 Å². The molecule has 0 unspecified atom stereocenters. The van der Waals surface area contributed by atoms with Gasteiger partial charge in [-0.1, -0.05) is 18.2 Å². The smallest absolute Gasteiger partial charge is 0.297 e. The van der Waals surface area contributed by atoms with Crippen molar-refractivity contribution in [3.05, 3.63) is 106 Å². The molecule has 2 saturated heterocycles. The van der Waals surface area contributed by atoms with E-state index < -0.39 is 6.61 Å². The van der Waals surface area contributed by atoms with Crippen molar-refractivity contribution in [2.75, 3.05) is 49.6 Å². The number of benzene rings is 1. The molecule has 0 amide bonds. The van der Waals surface area contributed by atoms with Crippen molar-refractivity contribution >= 4 is 33.6 Å². The Hall–Kier alpha value is -5.37. The summed E-state index contributed by atoms with van der Waals surface area (Å²) in [5.74, 6) is 0.750. The first kappa shape index (κ1) is 29.1. The second kappa shape index (κ2) is 11.8. The Morgan fingerprint density at radius 1 is 0.957 bits per heavy atom. The first-order valence-electron chi connectivity index (χ1n) is 15.6. The third kappa shape index (κ3) is 5.14. The van der Waals surface area contributed by atoms with Gasteiger partial charge in [0.15, 0.2) is 5.82 Å². The first-order valence-corrected chi connectivity index (χ1v) is 15.6. The summed E-state index contributed by atoms with van der Waals surface area (Å²) in [7, 11) is 1.67. The average Bonchev–Trinajstić information content (AvgIpc) is 3.46. The zero-order valence-electron chi connectivity index (χ0n) is 25.8. The van der Waals surface area contributed by atoms with Crippen molar-refractivity contribution in [1.82, 2.24) is 33.6 Å². The van der Waals surface area contributed by atoms with Crippen LogP contribution in [-0.4, -0.2) is 84.2 Å². The summed E-state index contributed by atoms with van der Waals surface area (Å²) in [6.45, 7) is 5.08. The standard InChI is InChI=1S/C34H33N9O4/c1-39-17-23(14-28(33(39)45)38-31-7-6-24(16-36-31)40-10-12-41(13-11-40)25-19-47-20-25)26-8-9-35-32(27(26)18-44)43-34(46)30-15-22-4-2-3-5-29(22)42(30)21-37-43/h2-9,14-17,21,25,44H,10-13,18-20H2,1H3,(H,36,38). The van der Waals surface area contributed by atoms with Crippen LogP contribution in [0.2, 0.25) is 0 Å². The van der Waals surface area contributed by atoms with Crippen molar-refractivity contribution in [2.45, 2.75) is 12.6 Å². The molecule has 6 aromatic rings. The third-order valence-electron chi connectivity index (χ3n) is 9.16. The molecule has 1 aromatic carbocycles. The lowest BCUT2D eigenvalue weighted by atomic mass is 10.0. The van der Waals surface area contributed by atoms with E-state index in [0.29, 0.717) is 39.8 Å². The number of aromatic nitrogens is 6. The molecule has 47 heavy (non-hydrogen) atoms. The van der Waals surface area contributed by atoms with Crippen molar-refractivity contribution in [2.24, 2.45) is 7.05 Å². The number of aryl methyl sites for hydroxylation is 1. The van der Waals surface area contributed by atoms with Gasteiger partial charge in [0.25, 0.3) is 11.1 Å². The number of nitrogens with one attached hydrogen (secondary N) is 1. The molecule has 13 nitrogen and oxygen atoms in total. The Kier molecular flexibility index (Phi) is 7.28. The van der Waals surface area contributed by atoms with Gasteiger partial charge in [-0.3, -0.25) is 18.9 Å². The molecule has 2 aliphatic heterocycles. The van der Waals surface area contributed by atoms with E-state index in [9.17, 15) is 14.7 Å². The van der Waals surface area contributed by atoms with Crippen LogP contribution in [0.4, 0.5) is 17.2 Å². The Morgan fingerprint density at radius 2 is 1.79 bits per heavy atom. The number of piperazine rings is 1. The van der Waals surface area contributed by atoms with Crippen LogP contribution in [-0.2, 0) is 18.4 Å². The Balaban J connectivity index is 1.09. The normalized spacial score (nSPS) is 15.7. The van der Waals surface area contributed by atoms with Gasteiger partial charge in [-0.05, 0) is 42.0 Å². The molecule has 5 aromatic heterocycles. The minimum Gasteiger partial charge on any atom is -0.392 e. The van der Waals surface area contributed by atoms with Crippen LogP contribution in [0, 0.1) is 0 Å². The molecule has 238 valence electrons. The third-order valence-corrected chi connectivity index (χ3v) is 9.16. The average molecular weight is 632 g/mol. The molecule has 0 aliphatic carbocycles. The monoisotopic (exact) mass is 631 g/mol. The lowest BCUT2D eigenvalue weighted by Crippen LogP contribution is -2.56. The maximum Gasteiger partial charge on any atom is 0.297 e. The van der Waals surface area contributed by atoms with E-state index in [-0.39, 0.29) is 16.9 Å². The predicted octanol–water partition coefficient (Wildman–Crippen LogP) is 2.55. The molecule has 2 N–H and O–H groups in total. The highest BCUT2D eigenvalue weighted by atomic mass is 16.5. The van der Waals surface area contributed by atoms with Crippen molar-refractivity contribution in [3.63, 3.8) is 0 Å². The lowest BCUT2D eigenvalue weighted by molar-refractivity contribution is -0.0660. The van der Waals surface area contributed by atoms with Gasteiger partial charge in [0.05, 0.1) is 43.3 Å². The largest absolute Gasteiger partial charge is 0.392 e. The van der Waals surface area contributed by atoms with Gasteiger partial charge in [-0.25, -0.2) is 9.97 Å². The Bertz CT molecular complexity index is 2230. The van der Waals surface area contributed by atoms with Gasteiger partial charge in [0.1, 0.15) is 23.3 Å². The highest BCUT2D eigenvalue weighted by molar-refractivity contribution is 5.86. The maximum absolute atomic E-state index is 13.6. The molecule has 13 heteroatoms. The first-order chi connectivity index (χ1) is 23.0. The molecule has 2 aliphatic rings. The number of aliphatic hydroxyl groups excluding tert-OH is 1. The fourth-order valence-electron chi connectivity index (χ4n) is 6.48. The molecule has 7 heterocycles. The van der Waals surface area contributed by atoms with E-state index in [1.165, 1.54) is 9.25 Å². The number of hydrogen-bond acceptors (Lipinski definition) is 10. The van der Waals surface area contributed by atoms with Crippen LogP contribution >= 0.6 is 0 Å². The SMILES string of the molecule is Cn1cc(-c2ccnc(-n3ncn4c(cc5ccccc54)c3=O)c2CO)cc(Nc2ccc(N3CCN(C4COC4)CC3)cn2)c1=O. The number of fused-ring (bicyclic) bond motifs is 3. The van der Waals surface area contributed by atoms with E-state index in [1.807, 2.05) is 48.7 Å². The van der Waals surface area contributed by atoms with E-state index in [4.69, 9.17) is 4.74 Å². The van der Waals surface area contributed by atoms with Crippen molar-refractivity contribution < 1.29 is 9.84 Å². The summed E-state index contributed by atoms with van der Waals surface area (Å²) < 4.78 is 9.77. The molecule has 0 radical (unpaired) electrons. The van der Waals surface area contributed by atoms with Gasteiger partial charge in [0.2, 0.25) is 0 Å². The number of hydrogen-bond donors (Lipinski definition) is 2. The molecule has 2 fully saturated rings. The van der Waals surface area contributed by atoms with E-state index in [0.717, 1.165) is 56.0 Å². The predicted molar refractivity (Wildman–Crippen MR) is 179 cm³/mol. The molecule has 0 spiro atoms. The van der Waals surface area contributed by atoms with E-state index in [2.05, 4.69) is 30.2 Å². The highest BCUT2D eigenvalue weighted by Gasteiger charge is 2.29. The van der Waals surface area contributed by atoms with Gasteiger partial charge < -0.3 is 24.6 Å². The van der Waals surface area contributed by atoms with Crippen LogP contribution in [0.3, 0.4) is 0 Å². The number of pyridine rings is 3. The van der Waals surface area contributed by atoms with Gasteiger partial charge >= 0.3 is 0 Å². The van der Waals surface area contributed by atoms with E-state index >= 15 is 0 Å². The number of anilines is 3. The van der Waals surface area contributed by atoms with Crippen LogP contribution < -0.4 is 21.3 Å². The minimum atomic E-state index is -0.405. The Morgan fingerprint density at radius 3 is 2.53 bits per heavy atom. The lowest BCUT2D eigenvalue weighted by Gasteiger charge is -2.43. The fraction of sp³-hybridized carbons (Fsp3) is 0.265. The second-order valence-corrected chi connectivity index (χ2v) is 11.9. The topological polar surface area (TPSA) is 135 Å². The fourth-order valence-corrected chi connectivity index (χ4v) is 6.48. The molecule has 0 atom stereocenters. The molecular weight excluding hydrogens is 598 g/mol. The number of aliphatic hydroxyl groups is 1. The van der Waals surface area contributed by atoms with Gasteiger partial charge in [-0.2, -0.15) is 9.78 Å². The van der Waals surface area contributed by atoms with Crippen LogP contribution in [0.1, 0.15) is 5.56 Å². The summed E-state index contributed by atoms with van der Waals surface area (Å²) in [5, 5.41) is 19.1. The zero-order valence-corrected chi connectivity index (χ0v) is 25.8. The van der Waals surface area contributed by atoms with Crippen molar-refractivity contribution in [3.8, 4) is 16.9 Å². The molecular formula is C34H33N9O4. The quantitative estimate of drug-likeness (QED) is 0.271. The Labute approximate surface area is 268 Å². The summed E-state index contributed by atoms with van der Waals surface area (Å²) >= 11 is 0. The summed E-state index contributed by atoms with van der Waals surface area (Å²) in [6, 6.07) is 17.4. The molecule has 8 rings (SSSR count).